The smallest absolute Gasteiger partial charge is 0.254 e. The number of hydrogen-bond acceptors (Lipinski definition) is 2. The number of anilines is 1. The molecule has 23 heavy (non-hydrogen) atoms. The minimum atomic E-state index is -0.0637. The van der Waals surface area contributed by atoms with Gasteiger partial charge in [0.15, 0.2) is 0 Å². The molecule has 2 aromatic carbocycles. The molecule has 0 aliphatic rings. The summed E-state index contributed by atoms with van der Waals surface area (Å²) in [4.78, 5) is 26.0. The Kier molecular flexibility index (Phi) is 5.92. The van der Waals surface area contributed by atoms with E-state index in [0.717, 1.165) is 5.56 Å². The zero-order chi connectivity index (χ0) is 16.7. The molecule has 0 atom stereocenters. The van der Waals surface area contributed by atoms with Gasteiger partial charge in [-0.2, -0.15) is 0 Å². The lowest BCUT2D eigenvalue weighted by atomic mass is 10.1. The van der Waals surface area contributed by atoms with Crippen LogP contribution in [-0.2, 0) is 11.3 Å². The van der Waals surface area contributed by atoms with E-state index >= 15 is 0 Å². The Morgan fingerprint density at radius 3 is 2.39 bits per heavy atom. The zero-order valence-electron chi connectivity index (χ0n) is 13.6. The van der Waals surface area contributed by atoms with Gasteiger partial charge in [-0.3, -0.25) is 9.59 Å². The van der Waals surface area contributed by atoms with Crippen LogP contribution in [-0.4, -0.2) is 23.3 Å². The molecular formula is C19H22N2O2. The van der Waals surface area contributed by atoms with Gasteiger partial charge in [-0.15, -0.1) is 0 Å². The van der Waals surface area contributed by atoms with E-state index in [1.54, 1.807) is 36.1 Å². The molecule has 4 heteroatoms. The summed E-state index contributed by atoms with van der Waals surface area (Å²) < 4.78 is 0. The Bertz CT molecular complexity index is 668. The largest absolute Gasteiger partial charge is 0.335 e. The summed E-state index contributed by atoms with van der Waals surface area (Å²) in [7, 11) is 0. The lowest BCUT2D eigenvalue weighted by Gasteiger charge is -2.21. The molecule has 0 aliphatic carbocycles. The van der Waals surface area contributed by atoms with Gasteiger partial charge in [0.05, 0.1) is 0 Å². The summed E-state index contributed by atoms with van der Waals surface area (Å²) in [6, 6.07) is 17.0. The van der Waals surface area contributed by atoms with E-state index in [2.05, 4.69) is 5.32 Å². The van der Waals surface area contributed by atoms with Crippen molar-refractivity contribution in [2.24, 2.45) is 0 Å². The Labute approximate surface area is 137 Å². The second-order valence-corrected chi connectivity index (χ2v) is 5.29. The van der Waals surface area contributed by atoms with Crippen LogP contribution in [0.2, 0.25) is 0 Å². The highest BCUT2D eigenvalue weighted by molar-refractivity contribution is 5.97. The van der Waals surface area contributed by atoms with E-state index in [-0.39, 0.29) is 11.8 Å². The van der Waals surface area contributed by atoms with Gasteiger partial charge in [0.25, 0.3) is 5.91 Å². The van der Waals surface area contributed by atoms with Crippen molar-refractivity contribution in [3.8, 4) is 0 Å². The van der Waals surface area contributed by atoms with E-state index in [9.17, 15) is 9.59 Å². The molecule has 4 nitrogen and oxygen atoms in total. The van der Waals surface area contributed by atoms with Crippen LogP contribution >= 0.6 is 0 Å². The second-order valence-electron chi connectivity index (χ2n) is 5.29. The first-order chi connectivity index (χ1) is 11.1. The molecule has 0 radical (unpaired) electrons. The number of hydrogen-bond donors (Lipinski definition) is 1. The van der Waals surface area contributed by atoms with Gasteiger partial charge in [-0.1, -0.05) is 43.3 Å². The molecule has 0 saturated heterocycles. The molecule has 0 heterocycles. The fourth-order valence-corrected chi connectivity index (χ4v) is 2.29. The molecule has 0 aliphatic heterocycles. The minimum absolute atomic E-state index is 0.0380. The van der Waals surface area contributed by atoms with Crippen LogP contribution in [0.4, 0.5) is 5.69 Å². The average Bonchev–Trinajstić information content (AvgIpc) is 2.60. The molecule has 120 valence electrons. The first-order valence-corrected chi connectivity index (χ1v) is 7.87. The third-order valence-corrected chi connectivity index (χ3v) is 3.60. The first kappa shape index (κ1) is 16.7. The van der Waals surface area contributed by atoms with Crippen molar-refractivity contribution >= 4 is 17.5 Å². The van der Waals surface area contributed by atoms with Crippen LogP contribution in [0.3, 0.4) is 0 Å². The van der Waals surface area contributed by atoms with Gasteiger partial charge in [-0.25, -0.2) is 0 Å². The number of rotatable bonds is 6. The lowest BCUT2D eigenvalue weighted by Crippen LogP contribution is -2.30. The van der Waals surface area contributed by atoms with Crippen LogP contribution in [0.25, 0.3) is 0 Å². The van der Waals surface area contributed by atoms with Crippen molar-refractivity contribution in [1.82, 2.24) is 4.90 Å². The lowest BCUT2D eigenvalue weighted by molar-refractivity contribution is -0.115. The fourth-order valence-electron chi connectivity index (χ4n) is 2.29. The Hall–Kier alpha value is -2.62. The van der Waals surface area contributed by atoms with Gasteiger partial charge in [0, 0.05) is 30.8 Å². The standard InChI is InChI=1S/C19H22N2O2/c1-3-18(22)20-17-12-8-11-16(13-17)19(23)21(4-2)14-15-9-6-5-7-10-15/h5-13H,3-4,14H2,1-2H3,(H,20,22). The quantitative estimate of drug-likeness (QED) is 0.884. The zero-order valence-corrected chi connectivity index (χ0v) is 13.6. The predicted octanol–water partition coefficient (Wildman–Crippen LogP) is 3.70. The average molecular weight is 310 g/mol. The predicted molar refractivity (Wildman–Crippen MR) is 92.2 cm³/mol. The highest BCUT2D eigenvalue weighted by atomic mass is 16.2. The van der Waals surface area contributed by atoms with E-state index in [1.165, 1.54) is 0 Å². The van der Waals surface area contributed by atoms with E-state index in [0.29, 0.717) is 30.8 Å². The molecule has 0 aromatic heterocycles. The fraction of sp³-hybridized carbons (Fsp3) is 0.263. The maximum Gasteiger partial charge on any atom is 0.254 e. The minimum Gasteiger partial charge on any atom is -0.335 e. The molecule has 0 saturated carbocycles. The van der Waals surface area contributed by atoms with Gasteiger partial charge in [-0.05, 0) is 30.7 Å². The van der Waals surface area contributed by atoms with Gasteiger partial charge in [0.1, 0.15) is 0 Å². The van der Waals surface area contributed by atoms with E-state index < -0.39 is 0 Å². The van der Waals surface area contributed by atoms with Crippen molar-refractivity contribution in [2.45, 2.75) is 26.8 Å². The van der Waals surface area contributed by atoms with Gasteiger partial charge >= 0.3 is 0 Å². The van der Waals surface area contributed by atoms with Crippen LogP contribution in [0.5, 0.6) is 0 Å². The Morgan fingerprint density at radius 2 is 1.74 bits per heavy atom. The maximum absolute atomic E-state index is 12.7. The van der Waals surface area contributed by atoms with E-state index in [1.807, 2.05) is 37.3 Å². The molecule has 2 amide bonds. The molecule has 0 spiro atoms. The molecule has 0 bridgehead atoms. The van der Waals surface area contributed by atoms with Crippen molar-refractivity contribution in [3.05, 3.63) is 65.7 Å². The Balaban J connectivity index is 2.14. The highest BCUT2D eigenvalue weighted by Gasteiger charge is 2.15. The second kappa shape index (κ2) is 8.13. The van der Waals surface area contributed by atoms with Crippen molar-refractivity contribution in [3.63, 3.8) is 0 Å². The number of carbonyl (C=O) groups excluding carboxylic acids is 2. The van der Waals surface area contributed by atoms with Crippen molar-refractivity contribution < 1.29 is 9.59 Å². The number of nitrogens with zero attached hydrogens (tertiary/aromatic N) is 1. The monoisotopic (exact) mass is 310 g/mol. The van der Waals surface area contributed by atoms with Crippen LogP contribution in [0.1, 0.15) is 36.2 Å². The molecule has 0 unspecified atom stereocenters. The van der Waals surface area contributed by atoms with Crippen molar-refractivity contribution in [1.29, 1.82) is 0 Å². The third-order valence-electron chi connectivity index (χ3n) is 3.60. The summed E-state index contributed by atoms with van der Waals surface area (Å²) >= 11 is 0. The van der Waals surface area contributed by atoms with Crippen LogP contribution in [0, 0.1) is 0 Å². The number of nitrogens with one attached hydrogen (secondary N) is 1. The number of benzene rings is 2. The maximum atomic E-state index is 12.7. The summed E-state index contributed by atoms with van der Waals surface area (Å²) in [5.41, 5.74) is 2.33. The van der Waals surface area contributed by atoms with Crippen molar-refractivity contribution in [2.75, 3.05) is 11.9 Å². The third kappa shape index (κ3) is 4.68. The molecule has 1 N–H and O–H groups in total. The number of carbonyl (C=O) groups is 2. The van der Waals surface area contributed by atoms with Gasteiger partial charge < -0.3 is 10.2 Å². The number of amides is 2. The summed E-state index contributed by atoms with van der Waals surface area (Å²) in [6.45, 7) is 4.95. The summed E-state index contributed by atoms with van der Waals surface area (Å²) in [5.74, 6) is -0.102. The molecule has 2 aromatic rings. The summed E-state index contributed by atoms with van der Waals surface area (Å²) in [5, 5.41) is 2.78. The van der Waals surface area contributed by atoms with Crippen LogP contribution in [0.15, 0.2) is 54.6 Å². The van der Waals surface area contributed by atoms with E-state index in [4.69, 9.17) is 0 Å². The van der Waals surface area contributed by atoms with Crippen LogP contribution < -0.4 is 5.32 Å². The molecular weight excluding hydrogens is 288 g/mol. The first-order valence-electron chi connectivity index (χ1n) is 7.87. The van der Waals surface area contributed by atoms with Gasteiger partial charge in [0.2, 0.25) is 5.91 Å². The topological polar surface area (TPSA) is 49.4 Å². The molecule has 0 fully saturated rings. The normalized spacial score (nSPS) is 10.2. The summed E-state index contributed by atoms with van der Waals surface area (Å²) in [6.07, 6.45) is 0.410. The highest BCUT2D eigenvalue weighted by Crippen LogP contribution is 2.15. The molecule has 2 rings (SSSR count). The Morgan fingerprint density at radius 1 is 1.00 bits per heavy atom. The SMILES string of the molecule is CCC(=O)Nc1cccc(C(=O)N(CC)Cc2ccccc2)c1.